The van der Waals surface area contributed by atoms with Crippen LogP contribution in [0.1, 0.15) is 30.3 Å². The molecule has 2 N–H and O–H groups in total. The van der Waals surface area contributed by atoms with Gasteiger partial charge in [0.25, 0.3) is 0 Å². The lowest BCUT2D eigenvalue weighted by Gasteiger charge is -2.13. The number of hydrogen-bond acceptors (Lipinski definition) is 6. The van der Waals surface area contributed by atoms with Gasteiger partial charge in [-0.25, -0.2) is 9.37 Å². The summed E-state index contributed by atoms with van der Waals surface area (Å²) in [6, 6.07) is 19.3. The van der Waals surface area contributed by atoms with Gasteiger partial charge in [-0.15, -0.1) is 0 Å². The molecule has 2 aromatic carbocycles. The number of pyridine rings is 2. The van der Waals surface area contributed by atoms with E-state index in [1.54, 1.807) is 25.6 Å². The molecule has 8 heteroatoms. The van der Waals surface area contributed by atoms with Gasteiger partial charge in [-0.1, -0.05) is 25.1 Å². The molecule has 0 aliphatic rings. The van der Waals surface area contributed by atoms with Gasteiger partial charge >= 0.3 is 0 Å². The van der Waals surface area contributed by atoms with E-state index in [0.717, 1.165) is 81.1 Å². The van der Waals surface area contributed by atoms with Gasteiger partial charge in [0.15, 0.2) is 0 Å². The van der Waals surface area contributed by atoms with E-state index in [9.17, 15) is 4.39 Å². The van der Waals surface area contributed by atoms with Gasteiger partial charge < -0.3 is 19.9 Å². The molecule has 216 valence electrons. The Morgan fingerprint density at radius 3 is 2.69 bits per heavy atom. The monoisotopic (exact) mass is 564 g/mol. The normalized spacial score (nSPS) is 11.8. The fourth-order valence-corrected chi connectivity index (χ4v) is 4.92. The molecular weight excluding hydrogens is 527 g/mol. The number of halogens is 1. The van der Waals surface area contributed by atoms with E-state index >= 15 is 0 Å². The Morgan fingerprint density at radius 1 is 1.05 bits per heavy atom. The van der Waals surface area contributed by atoms with Crippen molar-refractivity contribution in [2.45, 2.75) is 20.3 Å². The zero-order chi connectivity index (χ0) is 29.6. The van der Waals surface area contributed by atoms with E-state index in [0.29, 0.717) is 12.3 Å². The molecule has 5 aromatic rings. The number of hydrogen-bond donors (Lipinski definition) is 2. The van der Waals surface area contributed by atoms with E-state index in [-0.39, 0.29) is 5.82 Å². The largest absolute Gasteiger partial charge is 0.495 e. The molecule has 42 heavy (non-hydrogen) atoms. The van der Waals surface area contributed by atoms with Crippen LogP contribution in [-0.2, 0) is 0 Å². The van der Waals surface area contributed by atoms with Crippen molar-refractivity contribution in [3.8, 4) is 28.1 Å². The quantitative estimate of drug-likeness (QED) is 0.169. The van der Waals surface area contributed by atoms with Crippen molar-refractivity contribution >= 4 is 22.3 Å². The molecular formula is C34H37FN6O. The number of likely N-dealkylation sites (N-methyl/N-ethyl adjacent to an activating group) is 1. The third-order valence-electron chi connectivity index (χ3n) is 7.08. The van der Waals surface area contributed by atoms with Gasteiger partial charge in [-0.2, -0.15) is 0 Å². The number of methoxy groups -OCH3 is 1. The Bertz CT molecular complexity index is 1730. The van der Waals surface area contributed by atoms with E-state index in [4.69, 9.17) is 14.7 Å². The van der Waals surface area contributed by atoms with Gasteiger partial charge in [0.2, 0.25) is 0 Å². The maximum absolute atomic E-state index is 14.8. The molecule has 0 fully saturated rings. The van der Waals surface area contributed by atoms with E-state index in [1.165, 1.54) is 6.07 Å². The SMILES string of the molecule is CCCN=C(c1cc2c(-c3cc(F)cc(NCCN(C)C)c3)cccc2[nH]1)c1nc(-c2cncc(OC)c2)ccc1C. The van der Waals surface area contributed by atoms with Crippen LogP contribution in [0.2, 0.25) is 0 Å². The molecule has 0 saturated carbocycles. The summed E-state index contributed by atoms with van der Waals surface area (Å²) < 4.78 is 20.1. The number of aryl methyl sites for hydroxylation is 1. The van der Waals surface area contributed by atoms with Crippen LogP contribution in [-0.4, -0.2) is 66.4 Å². The highest BCUT2D eigenvalue weighted by molar-refractivity contribution is 6.14. The lowest BCUT2D eigenvalue weighted by Crippen LogP contribution is -2.20. The van der Waals surface area contributed by atoms with Crippen LogP contribution in [0.25, 0.3) is 33.3 Å². The van der Waals surface area contributed by atoms with E-state index in [1.807, 2.05) is 57.4 Å². The Kier molecular flexibility index (Phi) is 8.93. The fourth-order valence-electron chi connectivity index (χ4n) is 4.92. The molecule has 5 rings (SSSR count). The van der Waals surface area contributed by atoms with Crippen molar-refractivity contribution in [2.24, 2.45) is 4.99 Å². The minimum absolute atomic E-state index is 0.276. The van der Waals surface area contributed by atoms with Crippen LogP contribution < -0.4 is 10.1 Å². The van der Waals surface area contributed by atoms with Gasteiger partial charge in [-0.05, 0) is 86.6 Å². The molecule has 0 unspecified atom stereocenters. The minimum Gasteiger partial charge on any atom is -0.495 e. The predicted octanol–water partition coefficient (Wildman–Crippen LogP) is 6.97. The molecule has 0 aliphatic heterocycles. The number of anilines is 1. The molecule has 0 saturated heterocycles. The summed E-state index contributed by atoms with van der Waals surface area (Å²) in [6.45, 7) is 6.39. The maximum atomic E-state index is 14.8. The first-order valence-electron chi connectivity index (χ1n) is 14.2. The zero-order valence-corrected chi connectivity index (χ0v) is 24.8. The molecule has 3 aromatic heterocycles. The first kappa shape index (κ1) is 29.0. The summed E-state index contributed by atoms with van der Waals surface area (Å²) in [5.41, 5.74) is 8.59. The van der Waals surface area contributed by atoms with Crippen LogP contribution in [0, 0.1) is 12.7 Å². The average Bonchev–Trinajstić information content (AvgIpc) is 3.42. The first-order chi connectivity index (χ1) is 20.4. The third-order valence-corrected chi connectivity index (χ3v) is 7.08. The second-order valence-corrected chi connectivity index (χ2v) is 10.6. The molecule has 0 spiro atoms. The summed E-state index contributed by atoms with van der Waals surface area (Å²) in [7, 11) is 5.66. The molecule has 3 heterocycles. The number of nitrogens with zero attached hydrogens (tertiary/aromatic N) is 4. The van der Waals surface area contributed by atoms with Crippen LogP contribution >= 0.6 is 0 Å². The van der Waals surface area contributed by atoms with Crippen LogP contribution in [0.4, 0.5) is 10.1 Å². The molecule has 7 nitrogen and oxygen atoms in total. The molecule has 0 aliphatic carbocycles. The smallest absolute Gasteiger partial charge is 0.137 e. The lowest BCUT2D eigenvalue weighted by molar-refractivity contribution is 0.413. The average molecular weight is 565 g/mol. The van der Waals surface area contributed by atoms with Gasteiger partial charge in [-0.3, -0.25) is 9.98 Å². The standard InChI is InChI=1S/C34H37FN6O/c1-6-12-38-34(33-22(2)10-11-30(40-33)24-17-27(42-5)21-36-20-24)32-19-29-28(8-7-9-31(29)39-32)23-15-25(35)18-26(16-23)37-13-14-41(3)4/h7-11,15-21,37,39H,6,12-14H2,1-5H3. The summed E-state index contributed by atoms with van der Waals surface area (Å²) in [5, 5.41) is 4.34. The number of ether oxygens (including phenoxy) is 1. The van der Waals surface area contributed by atoms with Crippen LogP contribution in [0.3, 0.4) is 0 Å². The number of rotatable bonds is 11. The number of aromatic nitrogens is 3. The number of fused-ring (bicyclic) bond motifs is 1. The molecule has 0 bridgehead atoms. The minimum atomic E-state index is -0.276. The van der Waals surface area contributed by atoms with Crippen LogP contribution in [0.5, 0.6) is 5.75 Å². The first-order valence-corrected chi connectivity index (χ1v) is 14.2. The van der Waals surface area contributed by atoms with Crippen molar-refractivity contribution in [3.05, 3.63) is 95.8 Å². The zero-order valence-electron chi connectivity index (χ0n) is 24.8. The van der Waals surface area contributed by atoms with E-state index in [2.05, 4.69) is 39.2 Å². The lowest BCUT2D eigenvalue weighted by atomic mass is 10.00. The number of aliphatic imine (C=N–C) groups is 1. The van der Waals surface area contributed by atoms with Gasteiger partial charge in [0.05, 0.1) is 30.4 Å². The Labute approximate surface area is 246 Å². The Hall–Kier alpha value is -4.56. The molecule has 0 amide bonds. The predicted molar refractivity (Wildman–Crippen MR) is 170 cm³/mol. The maximum Gasteiger partial charge on any atom is 0.137 e. The number of aromatic amines is 1. The van der Waals surface area contributed by atoms with Crippen molar-refractivity contribution in [2.75, 3.05) is 46.2 Å². The Balaban J connectivity index is 1.57. The molecule has 0 atom stereocenters. The summed E-state index contributed by atoms with van der Waals surface area (Å²) in [6.07, 6.45) is 4.36. The van der Waals surface area contributed by atoms with Crippen LogP contribution in [0.15, 0.2) is 78.0 Å². The van der Waals surface area contributed by atoms with E-state index < -0.39 is 0 Å². The number of H-pyrrole nitrogens is 1. The van der Waals surface area contributed by atoms with Crippen molar-refractivity contribution < 1.29 is 9.13 Å². The molecule has 0 radical (unpaired) electrons. The summed E-state index contributed by atoms with van der Waals surface area (Å²) >= 11 is 0. The Morgan fingerprint density at radius 2 is 1.90 bits per heavy atom. The highest BCUT2D eigenvalue weighted by Crippen LogP contribution is 2.33. The second kappa shape index (κ2) is 13.0. The van der Waals surface area contributed by atoms with Crippen molar-refractivity contribution in [3.63, 3.8) is 0 Å². The van der Waals surface area contributed by atoms with Crippen molar-refractivity contribution in [1.82, 2.24) is 19.9 Å². The second-order valence-electron chi connectivity index (χ2n) is 10.6. The summed E-state index contributed by atoms with van der Waals surface area (Å²) in [4.78, 5) is 20.0. The fraction of sp³-hybridized carbons (Fsp3) is 0.265. The third kappa shape index (κ3) is 6.50. The van der Waals surface area contributed by atoms with Gasteiger partial charge in [0, 0.05) is 48.0 Å². The van der Waals surface area contributed by atoms with Gasteiger partial charge in [0.1, 0.15) is 17.3 Å². The summed E-state index contributed by atoms with van der Waals surface area (Å²) in [5.74, 6) is 0.398. The number of nitrogens with one attached hydrogen (secondary N) is 2. The number of benzene rings is 2. The topological polar surface area (TPSA) is 78.4 Å². The highest BCUT2D eigenvalue weighted by atomic mass is 19.1. The highest BCUT2D eigenvalue weighted by Gasteiger charge is 2.18. The van der Waals surface area contributed by atoms with Crippen molar-refractivity contribution in [1.29, 1.82) is 0 Å².